The molecule has 0 radical (unpaired) electrons. The largest absolute Gasteiger partial charge is 0.378 e. The van der Waals surface area contributed by atoms with Crippen molar-refractivity contribution in [3.8, 4) is 11.1 Å². The molecule has 19 heavy (non-hydrogen) atoms. The lowest BCUT2D eigenvalue weighted by Crippen LogP contribution is -2.08. The molecule has 94 valence electrons. The zero-order chi connectivity index (χ0) is 13.2. The molecule has 0 aromatic heterocycles. The maximum absolute atomic E-state index is 2.24. The van der Waals surface area contributed by atoms with Crippen LogP contribution in [0, 0.1) is 0 Å². The van der Waals surface area contributed by atoms with Gasteiger partial charge in [0.25, 0.3) is 0 Å². The van der Waals surface area contributed by atoms with Crippen LogP contribution in [-0.2, 0) is 0 Å². The maximum atomic E-state index is 2.24. The van der Waals surface area contributed by atoms with Gasteiger partial charge >= 0.3 is 0 Å². The van der Waals surface area contributed by atoms with Gasteiger partial charge in [-0.1, -0.05) is 54.6 Å². The molecular formula is C18H17N. The van der Waals surface area contributed by atoms with Gasteiger partial charge in [0.1, 0.15) is 0 Å². The molecule has 0 fully saturated rings. The van der Waals surface area contributed by atoms with Crippen molar-refractivity contribution in [2.24, 2.45) is 0 Å². The molecular weight excluding hydrogens is 230 g/mol. The minimum Gasteiger partial charge on any atom is -0.378 e. The van der Waals surface area contributed by atoms with E-state index in [-0.39, 0.29) is 0 Å². The van der Waals surface area contributed by atoms with Gasteiger partial charge in [0.15, 0.2) is 0 Å². The van der Waals surface area contributed by atoms with E-state index < -0.39 is 0 Å². The highest BCUT2D eigenvalue weighted by Gasteiger charge is 2.04. The monoisotopic (exact) mass is 247 g/mol. The molecule has 0 saturated carbocycles. The van der Waals surface area contributed by atoms with Crippen LogP contribution in [0.25, 0.3) is 21.9 Å². The molecule has 0 aliphatic heterocycles. The van der Waals surface area contributed by atoms with Crippen molar-refractivity contribution in [3.05, 3.63) is 66.7 Å². The highest BCUT2D eigenvalue weighted by Crippen LogP contribution is 2.30. The minimum absolute atomic E-state index is 1.23. The predicted octanol–water partition coefficient (Wildman–Crippen LogP) is 4.57. The fourth-order valence-corrected chi connectivity index (χ4v) is 2.43. The molecule has 0 bridgehead atoms. The number of benzene rings is 3. The van der Waals surface area contributed by atoms with Gasteiger partial charge in [-0.3, -0.25) is 0 Å². The van der Waals surface area contributed by atoms with Crippen LogP contribution in [0.3, 0.4) is 0 Å². The van der Waals surface area contributed by atoms with Crippen LogP contribution in [0.2, 0.25) is 0 Å². The Kier molecular flexibility index (Phi) is 2.96. The van der Waals surface area contributed by atoms with E-state index in [0.717, 1.165) is 0 Å². The van der Waals surface area contributed by atoms with Crippen LogP contribution in [0.5, 0.6) is 0 Å². The topological polar surface area (TPSA) is 3.24 Å². The van der Waals surface area contributed by atoms with Crippen molar-refractivity contribution in [3.63, 3.8) is 0 Å². The molecule has 0 heterocycles. The quantitative estimate of drug-likeness (QED) is 0.641. The third kappa shape index (κ3) is 2.19. The zero-order valence-corrected chi connectivity index (χ0v) is 11.3. The van der Waals surface area contributed by atoms with Crippen LogP contribution >= 0.6 is 0 Å². The Bertz CT molecular complexity index is 708. The second-order valence-corrected chi connectivity index (χ2v) is 4.97. The maximum Gasteiger partial charge on any atom is 0.0367 e. The highest BCUT2D eigenvalue weighted by atomic mass is 15.1. The van der Waals surface area contributed by atoms with E-state index in [9.17, 15) is 0 Å². The Labute approximate surface area is 114 Å². The number of anilines is 1. The Hall–Kier alpha value is -2.28. The third-order valence-electron chi connectivity index (χ3n) is 3.46. The standard InChI is InChI=1S/C18H17N/c1-19(2)16-10-5-9-15(13-16)18-12-6-8-14-7-3-4-11-17(14)18/h3-13H,1-2H3. The van der Waals surface area contributed by atoms with Crippen molar-refractivity contribution in [1.82, 2.24) is 0 Å². The van der Waals surface area contributed by atoms with E-state index in [1.54, 1.807) is 0 Å². The molecule has 0 atom stereocenters. The first-order valence-electron chi connectivity index (χ1n) is 6.51. The van der Waals surface area contributed by atoms with E-state index in [1.165, 1.54) is 27.6 Å². The summed E-state index contributed by atoms with van der Waals surface area (Å²) < 4.78 is 0. The number of hydrogen-bond donors (Lipinski definition) is 0. The highest BCUT2D eigenvalue weighted by molar-refractivity contribution is 5.97. The van der Waals surface area contributed by atoms with Crippen molar-refractivity contribution in [2.45, 2.75) is 0 Å². The van der Waals surface area contributed by atoms with E-state index in [2.05, 4.69) is 85.7 Å². The van der Waals surface area contributed by atoms with Crippen LogP contribution in [0.4, 0.5) is 5.69 Å². The second-order valence-electron chi connectivity index (χ2n) is 4.97. The van der Waals surface area contributed by atoms with Crippen molar-refractivity contribution < 1.29 is 0 Å². The van der Waals surface area contributed by atoms with Crippen molar-refractivity contribution in [1.29, 1.82) is 0 Å². The van der Waals surface area contributed by atoms with E-state index >= 15 is 0 Å². The number of hydrogen-bond acceptors (Lipinski definition) is 1. The van der Waals surface area contributed by atoms with Gasteiger partial charge in [-0.15, -0.1) is 0 Å². The molecule has 0 aliphatic rings. The lowest BCUT2D eigenvalue weighted by molar-refractivity contribution is 1.13. The number of fused-ring (bicyclic) bond motifs is 1. The average molecular weight is 247 g/mol. The van der Waals surface area contributed by atoms with E-state index in [0.29, 0.717) is 0 Å². The molecule has 3 rings (SSSR count). The molecule has 3 aromatic carbocycles. The molecule has 1 heteroatoms. The van der Waals surface area contributed by atoms with Crippen molar-refractivity contribution in [2.75, 3.05) is 19.0 Å². The normalized spacial score (nSPS) is 10.6. The number of rotatable bonds is 2. The van der Waals surface area contributed by atoms with E-state index in [1.807, 2.05) is 0 Å². The average Bonchev–Trinajstić information content (AvgIpc) is 2.47. The molecule has 1 nitrogen and oxygen atoms in total. The molecule has 0 saturated heterocycles. The van der Waals surface area contributed by atoms with Crippen LogP contribution < -0.4 is 4.90 Å². The first-order valence-corrected chi connectivity index (χ1v) is 6.51. The SMILES string of the molecule is CN(C)c1cccc(-c2cccc3ccccc23)c1. The summed E-state index contributed by atoms with van der Waals surface area (Å²) in [5.41, 5.74) is 3.79. The Balaban J connectivity index is 2.22. The molecule has 0 aliphatic carbocycles. The summed E-state index contributed by atoms with van der Waals surface area (Å²) in [5, 5.41) is 2.59. The van der Waals surface area contributed by atoms with Gasteiger partial charge in [-0.05, 0) is 34.0 Å². The summed E-state index contributed by atoms with van der Waals surface area (Å²) in [6, 6.07) is 23.7. The first-order chi connectivity index (χ1) is 9.25. The zero-order valence-electron chi connectivity index (χ0n) is 11.3. The van der Waals surface area contributed by atoms with Crippen LogP contribution in [0.1, 0.15) is 0 Å². The number of nitrogens with zero attached hydrogens (tertiary/aromatic N) is 1. The lowest BCUT2D eigenvalue weighted by Gasteiger charge is -2.14. The molecule has 0 spiro atoms. The molecule has 0 amide bonds. The van der Waals surface area contributed by atoms with Crippen LogP contribution in [0.15, 0.2) is 66.7 Å². The van der Waals surface area contributed by atoms with Gasteiger partial charge in [-0.2, -0.15) is 0 Å². The van der Waals surface area contributed by atoms with Crippen LogP contribution in [-0.4, -0.2) is 14.1 Å². The smallest absolute Gasteiger partial charge is 0.0367 e. The summed E-state index contributed by atoms with van der Waals surface area (Å²) in [5.74, 6) is 0. The molecule has 3 aromatic rings. The summed E-state index contributed by atoms with van der Waals surface area (Å²) >= 11 is 0. The molecule has 0 N–H and O–H groups in total. The molecule has 0 unspecified atom stereocenters. The van der Waals surface area contributed by atoms with Gasteiger partial charge in [0, 0.05) is 19.8 Å². The lowest BCUT2D eigenvalue weighted by atomic mass is 9.98. The fraction of sp³-hybridized carbons (Fsp3) is 0.111. The Morgan fingerprint density at radius 2 is 1.47 bits per heavy atom. The van der Waals surface area contributed by atoms with Gasteiger partial charge in [0.05, 0.1) is 0 Å². The van der Waals surface area contributed by atoms with Crippen molar-refractivity contribution >= 4 is 16.5 Å². The Morgan fingerprint density at radius 1 is 0.737 bits per heavy atom. The van der Waals surface area contributed by atoms with E-state index in [4.69, 9.17) is 0 Å². The summed E-state index contributed by atoms with van der Waals surface area (Å²) in [6.45, 7) is 0. The predicted molar refractivity (Wildman–Crippen MR) is 83.7 cm³/mol. The fourth-order valence-electron chi connectivity index (χ4n) is 2.43. The first kappa shape index (κ1) is 11.8. The summed E-state index contributed by atoms with van der Waals surface area (Å²) in [7, 11) is 4.14. The van der Waals surface area contributed by atoms with Gasteiger partial charge in [-0.25, -0.2) is 0 Å². The van der Waals surface area contributed by atoms with Gasteiger partial charge < -0.3 is 4.90 Å². The Morgan fingerprint density at radius 3 is 2.32 bits per heavy atom. The minimum atomic E-state index is 1.23. The van der Waals surface area contributed by atoms with Gasteiger partial charge in [0.2, 0.25) is 0 Å². The third-order valence-corrected chi connectivity index (χ3v) is 3.46. The summed E-state index contributed by atoms with van der Waals surface area (Å²) in [6.07, 6.45) is 0. The summed E-state index contributed by atoms with van der Waals surface area (Å²) in [4.78, 5) is 2.13. The second kappa shape index (κ2) is 4.77.